The second-order valence-electron chi connectivity index (χ2n) is 3.43. The number of aryl methyl sites for hydroxylation is 1. The molecule has 0 unspecified atom stereocenters. The van der Waals surface area contributed by atoms with Crippen LogP contribution < -0.4 is 10.2 Å². The van der Waals surface area contributed by atoms with Crippen molar-refractivity contribution in [1.29, 1.82) is 0 Å². The third kappa shape index (κ3) is 2.70. The van der Waals surface area contributed by atoms with Gasteiger partial charge in [0.05, 0.1) is 5.69 Å². The molecule has 1 aromatic rings. The van der Waals surface area contributed by atoms with Gasteiger partial charge in [-0.1, -0.05) is 0 Å². The third-order valence-electron chi connectivity index (χ3n) is 1.61. The van der Waals surface area contributed by atoms with Crippen LogP contribution in [0.3, 0.4) is 0 Å². The Morgan fingerprint density at radius 1 is 1.64 bits per heavy atom. The summed E-state index contributed by atoms with van der Waals surface area (Å²) in [5.41, 5.74) is 0.939. The van der Waals surface area contributed by atoms with Gasteiger partial charge >= 0.3 is 6.03 Å². The van der Waals surface area contributed by atoms with Crippen molar-refractivity contribution >= 4 is 22.5 Å². The molecular formula is C9H15N3OS. The average Bonchev–Trinajstić information content (AvgIpc) is 2.49. The number of rotatable bonds is 2. The van der Waals surface area contributed by atoms with Crippen LogP contribution in [0.4, 0.5) is 9.93 Å². The highest BCUT2D eigenvalue weighted by Crippen LogP contribution is 2.18. The Bertz CT molecular complexity index is 322. The molecule has 1 rings (SSSR count). The summed E-state index contributed by atoms with van der Waals surface area (Å²) in [6.45, 7) is 5.77. The monoisotopic (exact) mass is 213 g/mol. The van der Waals surface area contributed by atoms with E-state index in [0.717, 1.165) is 10.8 Å². The fourth-order valence-corrected chi connectivity index (χ4v) is 1.69. The van der Waals surface area contributed by atoms with E-state index in [4.69, 9.17) is 0 Å². The lowest BCUT2D eigenvalue weighted by Gasteiger charge is -2.16. The lowest BCUT2D eigenvalue weighted by Crippen LogP contribution is -2.40. The van der Waals surface area contributed by atoms with Gasteiger partial charge in [-0.3, -0.25) is 4.90 Å². The van der Waals surface area contributed by atoms with Crippen molar-refractivity contribution in [2.24, 2.45) is 0 Å². The molecule has 4 nitrogen and oxygen atoms in total. The number of thiazole rings is 1. The Kier molecular flexibility index (Phi) is 3.46. The molecule has 1 N–H and O–H groups in total. The van der Waals surface area contributed by atoms with Crippen LogP contribution in [0.2, 0.25) is 0 Å². The zero-order valence-electron chi connectivity index (χ0n) is 8.87. The first kappa shape index (κ1) is 11.0. The highest BCUT2D eigenvalue weighted by molar-refractivity contribution is 7.14. The van der Waals surface area contributed by atoms with E-state index in [-0.39, 0.29) is 12.1 Å². The van der Waals surface area contributed by atoms with Gasteiger partial charge < -0.3 is 5.32 Å². The summed E-state index contributed by atoms with van der Waals surface area (Å²) in [5.74, 6) is 0. The molecular weight excluding hydrogens is 198 g/mol. The molecule has 5 heteroatoms. The number of nitrogens with one attached hydrogen (secondary N) is 1. The summed E-state index contributed by atoms with van der Waals surface area (Å²) in [7, 11) is 1.72. The number of anilines is 1. The molecule has 0 fully saturated rings. The van der Waals surface area contributed by atoms with E-state index in [2.05, 4.69) is 10.3 Å². The molecule has 1 heterocycles. The lowest BCUT2D eigenvalue weighted by molar-refractivity contribution is 0.245. The zero-order valence-corrected chi connectivity index (χ0v) is 9.68. The maximum atomic E-state index is 11.5. The van der Waals surface area contributed by atoms with Crippen molar-refractivity contribution in [3.05, 3.63) is 11.1 Å². The van der Waals surface area contributed by atoms with E-state index >= 15 is 0 Å². The fourth-order valence-electron chi connectivity index (χ4n) is 0.926. The van der Waals surface area contributed by atoms with Crippen molar-refractivity contribution in [2.75, 3.05) is 11.9 Å². The molecule has 0 saturated heterocycles. The van der Waals surface area contributed by atoms with Crippen LogP contribution in [-0.4, -0.2) is 24.1 Å². The number of hydrogen-bond acceptors (Lipinski definition) is 3. The minimum absolute atomic E-state index is 0.116. The van der Waals surface area contributed by atoms with Gasteiger partial charge in [-0.15, -0.1) is 11.3 Å². The number of amides is 2. The summed E-state index contributed by atoms with van der Waals surface area (Å²) < 4.78 is 0. The molecule has 78 valence electrons. The summed E-state index contributed by atoms with van der Waals surface area (Å²) >= 11 is 1.47. The number of aromatic nitrogens is 1. The quantitative estimate of drug-likeness (QED) is 0.816. The van der Waals surface area contributed by atoms with Gasteiger partial charge in [-0.05, 0) is 20.8 Å². The number of hydrogen-bond donors (Lipinski definition) is 1. The van der Waals surface area contributed by atoms with Crippen LogP contribution in [-0.2, 0) is 0 Å². The van der Waals surface area contributed by atoms with Crippen LogP contribution >= 0.6 is 11.3 Å². The highest BCUT2D eigenvalue weighted by Gasteiger charge is 2.13. The first-order valence-electron chi connectivity index (χ1n) is 4.47. The topological polar surface area (TPSA) is 45.2 Å². The third-order valence-corrected chi connectivity index (χ3v) is 2.65. The number of nitrogens with zero attached hydrogens (tertiary/aromatic N) is 2. The predicted octanol–water partition coefficient (Wildman–Crippen LogP) is 2.01. The number of carbonyl (C=O) groups excluding carboxylic acids is 1. The molecule has 0 spiro atoms. The molecule has 14 heavy (non-hydrogen) atoms. The second kappa shape index (κ2) is 4.41. The van der Waals surface area contributed by atoms with E-state index in [1.165, 1.54) is 16.2 Å². The van der Waals surface area contributed by atoms with Crippen LogP contribution in [0.1, 0.15) is 19.5 Å². The van der Waals surface area contributed by atoms with Crippen LogP contribution in [0, 0.1) is 6.92 Å². The molecule has 0 radical (unpaired) electrons. The van der Waals surface area contributed by atoms with Crippen LogP contribution in [0.15, 0.2) is 5.38 Å². The Labute approximate surface area is 88.0 Å². The van der Waals surface area contributed by atoms with Gasteiger partial charge in [-0.25, -0.2) is 9.78 Å². The first-order chi connectivity index (χ1) is 6.50. The Morgan fingerprint density at radius 2 is 2.29 bits per heavy atom. The molecule has 1 aromatic heterocycles. The van der Waals surface area contributed by atoms with Gasteiger partial charge in [-0.2, -0.15) is 0 Å². The van der Waals surface area contributed by atoms with Crippen LogP contribution in [0.25, 0.3) is 0 Å². The molecule has 0 aromatic carbocycles. The van der Waals surface area contributed by atoms with Gasteiger partial charge in [0.15, 0.2) is 5.13 Å². The van der Waals surface area contributed by atoms with Gasteiger partial charge in [0.2, 0.25) is 0 Å². The maximum absolute atomic E-state index is 11.5. The van der Waals surface area contributed by atoms with Crippen molar-refractivity contribution < 1.29 is 4.79 Å². The van der Waals surface area contributed by atoms with Gasteiger partial charge in [0, 0.05) is 18.5 Å². The average molecular weight is 213 g/mol. The predicted molar refractivity (Wildman–Crippen MR) is 58.9 cm³/mol. The zero-order chi connectivity index (χ0) is 10.7. The SMILES string of the molecule is Cc1csc(N(C)C(=O)NC(C)C)n1. The number of carbonyl (C=O) groups is 1. The second-order valence-corrected chi connectivity index (χ2v) is 4.27. The first-order valence-corrected chi connectivity index (χ1v) is 5.35. The van der Waals surface area contributed by atoms with Crippen LogP contribution in [0.5, 0.6) is 0 Å². The molecule has 0 aliphatic rings. The van der Waals surface area contributed by atoms with Crippen molar-refractivity contribution in [2.45, 2.75) is 26.8 Å². The molecule has 0 aliphatic carbocycles. The number of urea groups is 1. The summed E-state index contributed by atoms with van der Waals surface area (Å²) in [6, 6.07) is 0.0281. The highest BCUT2D eigenvalue weighted by atomic mass is 32.1. The molecule has 2 amide bonds. The standard InChI is InChI=1S/C9H15N3OS/c1-6(2)10-8(13)12(4)9-11-7(3)5-14-9/h5-6H,1-4H3,(H,10,13). The molecule has 0 saturated carbocycles. The Balaban J connectivity index is 2.65. The van der Waals surface area contributed by atoms with E-state index in [0.29, 0.717) is 0 Å². The molecule has 0 atom stereocenters. The minimum Gasteiger partial charge on any atom is -0.335 e. The van der Waals surface area contributed by atoms with E-state index in [1.54, 1.807) is 7.05 Å². The van der Waals surface area contributed by atoms with Crippen molar-refractivity contribution in [1.82, 2.24) is 10.3 Å². The normalized spacial score (nSPS) is 10.4. The Morgan fingerprint density at radius 3 is 2.71 bits per heavy atom. The van der Waals surface area contributed by atoms with Gasteiger partial charge in [0.1, 0.15) is 0 Å². The molecule has 0 bridgehead atoms. The summed E-state index contributed by atoms with van der Waals surface area (Å²) in [6.07, 6.45) is 0. The van der Waals surface area contributed by atoms with E-state index in [9.17, 15) is 4.79 Å². The minimum atomic E-state index is -0.116. The largest absolute Gasteiger partial charge is 0.335 e. The van der Waals surface area contributed by atoms with E-state index in [1.807, 2.05) is 26.2 Å². The Hall–Kier alpha value is -1.10. The summed E-state index contributed by atoms with van der Waals surface area (Å²) in [4.78, 5) is 17.3. The van der Waals surface area contributed by atoms with Crippen molar-refractivity contribution in [3.8, 4) is 0 Å². The summed E-state index contributed by atoms with van der Waals surface area (Å²) in [5, 5.41) is 5.45. The molecule has 0 aliphatic heterocycles. The lowest BCUT2D eigenvalue weighted by atomic mass is 10.4. The van der Waals surface area contributed by atoms with Gasteiger partial charge in [0.25, 0.3) is 0 Å². The van der Waals surface area contributed by atoms with E-state index < -0.39 is 0 Å². The maximum Gasteiger partial charge on any atom is 0.323 e. The van der Waals surface area contributed by atoms with Crippen molar-refractivity contribution in [3.63, 3.8) is 0 Å². The fraction of sp³-hybridized carbons (Fsp3) is 0.556. The smallest absolute Gasteiger partial charge is 0.323 e.